The van der Waals surface area contributed by atoms with Crippen molar-refractivity contribution in [2.24, 2.45) is 11.3 Å². The molecular formula is C19H33N3O4. The molecule has 0 bridgehead atoms. The Bertz CT molecular complexity index is 533. The maximum atomic E-state index is 12.3. The minimum atomic E-state index is -0.798. The Labute approximate surface area is 155 Å². The Kier molecular flexibility index (Phi) is 6.66. The molecule has 148 valence electrons. The second-order valence-electron chi connectivity index (χ2n) is 9.12. The number of nitrogens with one attached hydrogen (secondary N) is 2. The summed E-state index contributed by atoms with van der Waals surface area (Å²) in [6.07, 6.45) is 4.30. The van der Waals surface area contributed by atoms with Crippen LogP contribution >= 0.6 is 0 Å². The molecule has 7 heteroatoms. The molecule has 2 amide bonds. The van der Waals surface area contributed by atoms with E-state index in [4.69, 9.17) is 5.11 Å². The van der Waals surface area contributed by atoms with Crippen LogP contribution in [-0.2, 0) is 14.4 Å². The van der Waals surface area contributed by atoms with Gasteiger partial charge in [0.15, 0.2) is 0 Å². The van der Waals surface area contributed by atoms with Gasteiger partial charge < -0.3 is 15.7 Å². The van der Waals surface area contributed by atoms with E-state index in [9.17, 15) is 14.4 Å². The molecule has 2 rings (SSSR count). The van der Waals surface area contributed by atoms with Crippen LogP contribution in [0.3, 0.4) is 0 Å². The third-order valence-electron chi connectivity index (χ3n) is 4.97. The summed E-state index contributed by atoms with van der Waals surface area (Å²) in [7, 11) is 0. The van der Waals surface area contributed by atoms with Gasteiger partial charge in [-0.3, -0.25) is 19.3 Å². The van der Waals surface area contributed by atoms with Crippen LogP contribution in [0, 0.1) is 11.3 Å². The maximum Gasteiger partial charge on any atom is 0.317 e. The van der Waals surface area contributed by atoms with Crippen LogP contribution in [0.5, 0.6) is 0 Å². The van der Waals surface area contributed by atoms with Gasteiger partial charge in [-0.05, 0) is 43.9 Å². The second-order valence-corrected chi connectivity index (χ2v) is 9.12. The quantitative estimate of drug-likeness (QED) is 0.572. The largest absolute Gasteiger partial charge is 0.480 e. The van der Waals surface area contributed by atoms with Crippen LogP contribution in [0.15, 0.2) is 0 Å². The molecule has 26 heavy (non-hydrogen) atoms. The van der Waals surface area contributed by atoms with Gasteiger partial charge in [-0.1, -0.05) is 20.8 Å². The molecular weight excluding hydrogens is 334 g/mol. The molecule has 2 aliphatic carbocycles. The number of carbonyl (C=O) groups excluding carboxylic acids is 2. The molecule has 0 aromatic heterocycles. The van der Waals surface area contributed by atoms with Gasteiger partial charge in [0.1, 0.15) is 6.04 Å². The lowest BCUT2D eigenvalue weighted by molar-refractivity contribution is -0.140. The normalized spacial score (nSPS) is 23.9. The molecule has 1 unspecified atom stereocenters. The molecule has 0 spiro atoms. The number of carboxylic acids is 1. The number of carbonyl (C=O) groups is 3. The zero-order chi connectivity index (χ0) is 19.5. The minimum absolute atomic E-state index is 0.0602. The summed E-state index contributed by atoms with van der Waals surface area (Å²) in [5.74, 6) is -0.458. The molecule has 0 heterocycles. The number of hydrogen-bond acceptors (Lipinski definition) is 4. The number of hydrogen-bond donors (Lipinski definition) is 3. The fourth-order valence-corrected chi connectivity index (χ4v) is 3.32. The monoisotopic (exact) mass is 367 g/mol. The van der Waals surface area contributed by atoms with Crippen LogP contribution in [0.2, 0.25) is 0 Å². The van der Waals surface area contributed by atoms with E-state index in [1.165, 1.54) is 12.8 Å². The van der Waals surface area contributed by atoms with E-state index in [-0.39, 0.29) is 35.9 Å². The number of carboxylic acid groups (broad SMARTS) is 1. The highest BCUT2D eigenvalue weighted by atomic mass is 16.4. The Hall–Kier alpha value is -1.63. The van der Waals surface area contributed by atoms with Crippen molar-refractivity contribution in [2.75, 3.05) is 13.1 Å². The summed E-state index contributed by atoms with van der Waals surface area (Å²) in [6, 6.07) is -0.279. The van der Waals surface area contributed by atoms with Gasteiger partial charge in [-0.25, -0.2) is 0 Å². The van der Waals surface area contributed by atoms with E-state index in [1.54, 1.807) is 6.92 Å². The van der Waals surface area contributed by atoms with Gasteiger partial charge in [0.25, 0.3) is 0 Å². The third kappa shape index (κ3) is 6.94. The zero-order valence-electron chi connectivity index (χ0n) is 16.4. The fraction of sp³-hybridized carbons (Fsp3) is 0.842. The summed E-state index contributed by atoms with van der Waals surface area (Å²) < 4.78 is 0. The summed E-state index contributed by atoms with van der Waals surface area (Å²) >= 11 is 0. The minimum Gasteiger partial charge on any atom is -0.480 e. The lowest BCUT2D eigenvalue weighted by Crippen LogP contribution is -2.57. The van der Waals surface area contributed by atoms with Crippen molar-refractivity contribution >= 4 is 17.8 Å². The molecule has 0 aliphatic heterocycles. The van der Waals surface area contributed by atoms with E-state index in [2.05, 4.69) is 10.6 Å². The van der Waals surface area contributed by atoms with Crippen molar-refractivity contribution in [3.63, 3.8) is 0 Å². The average molecular weight is 367 g/mol. The van der Waals surface area contributed by atoms with Gasteiger partial charge >= 0.3 is 5.97 Å². The van der Waals surface area contributed by atoms with Gasteiger partial charge in [0, 0.05) is 25.0 Å². The van der Waals surface area contributed by atoms with Crippen LogP contribution in [0.4, 0.5) is 0 Å². The van der Waals surface area contributed by atoms with E-state index in [1.807, 2.05) is 25.7 Å². The van der Waals surface area contributed by atoms with Gasteiger partial charge in [-0.2, -0.15) is 0 Å². The molecule has 2 saturated carbocycles. The molecule has 1 atom stereocenters. The van der Waals surface area contributed by atoms with Crippen LogP contribution in [0.25, 0.3) is 0 Å². The number of aliphatic carboxylic acids is 1. The number of rotatable bonds is 9. The predicted molar refractivity (Wildman–Crippen MR) is 98.6 cm³/mol. The highest BCUT2D eigenvalue weighted by Gasteiger charge is 2.38. The van der Waals surface area contributed by atoms with Crippen molar-refractivity contribution in [3.05, 3.63) is 0 Å². The van der Waals surface area contributed by atoms with E-state index in [0.717, 1.165) is 19.4 Å². The Morgan fingerprint density at radius 3 is 2.31 bits per heavy atom. The lowest BCUT2D eigenvalue weighted by atomic mass is 9.85. The molecule has 0 radical (unpaired) electrons. The highest BCUT2D eigenvalue weighted by Crippen LogP contribution is 2.33. The standard InChI is InChI=1S/C19H33N3O4/c1-12(20-16(23)9-19(2,3)4)18(26)21-14-7-15(8-14)22(11-17(24)25)10-13-5-6-13/h12-15H,5-11H2,1-4H3,(H,20,23)(H,21,26)(H,24,25). The second kappa shape index (κ2) is 8.37. The lowest BCUT2D eigenvalue weighted by Gasteiger charge is -2.43. The average Bonchev–Trinajstić information content (AvgIpc) is 3.22. The summed E-state index contributed by atoms with van der Waals surface area (Å²) in [5.41, 5.74) is -0.114. The topological polar surface area (TPSA) is 98.7 Å². The smallest absolute Gasteiger partial charge is 0.317 e. The van der Waals surface area contributed by atoms with Crippen LogP contribution < -0.4 is 10.6 Å². The maximum absolute atomic E-state index is 12.3. The van der Waals surface area contributed by atoms with Crippen molar-refractivity contribution < 1.29 is 19.5 Å². The van der Waals surface area contributed by atoms with E-state index in [0.29, 0.717) is 12.3 Å². The summed E-state index contributed by atoms with van der Waals surface area (Å²) in [6.45, 7) is 8.55. The molecule has 0 aromatic carbocycles. The molecule has 7 nitrogen and oxygen atoms in total. The van der Waals surface area contributed by atoms with E-state index >= 15 is 0 Å². The van der Waals surface area contributed by atoms with Crippen molar-refractivity contribution in [3.8, 4) is 0 Å². The molecule has 2 aliphatic rings. The molecule has 3 N–H and O–H groups in total. The Morgan fingerprint density at radius 1 is 1.19 bits per heavy atom. The highest BCUT2D eigenvalue weighted by molar-refractivity contribution is 5.87. The molecule has 2 fully saturated rings. The zero-order valence-corrected chi connectivity index (χ0v) is 16.4. The number of nitrogens with zero attached hydrogens (tertiary/aromatic N) is 1. The number of amides is 2. The first-order valence-electron chi connectivity index (χ1n) is 9.59. The van der Waals surface area contributed by atoms with Gasteiger partial charge in [0.2, 0.25) is 11.8 Å². The van der Waals surface area contributed by atoms with Crippen molar-refractivity contribution in [1.82, 2.24) is 15.5 Å². The predicted octanol–water partition coefficient (Wildman–Crippen LogP) is 1.37. The van der Waals surface area contributed by atoms with Gasteiger partial charge in [-0.15, -0.1) is 0 Å². The molecule has 0 aromatic rings. The first kappa shape index (κ1) is 20.7. The summed E-state index contributed by atoms with van der Waals surface area (Å²) in [5, 5.41) is 14.8. The first-order chi connectivity index (χ1) is 12.0. The van der Waals surface area contributed by atoms with E-state index < -0.39 is 12.0 Å². The fourth-order valence-electron chi connectivity index (χ4n) is 3.32. The summed E-state index contributed by atoms with van der Waals surface area (Å²) in [4.78, 5) is 37.3. The van der Waals surface area contributed by atoms with Gasteiger partial charge in [0.05, 0.1) is 6.54 Å². The third-order valence-corrected chi connectivity index (χ3v) is 4.97. The van der Waals surface area contributed by atoms with Crippen LogP contribution in [0.1, 0.15) is 59.8 Å². The Morgan fingerprint density at radius 2 is 1.81 bits per heavy atom. The first-order valence-corrected chi connectivity index (χ1v) is 9.59. The van der Waals surface area contributed by atoms with Crippen LogP contribution in [-0.4, -0.2) is 59.0 Å². The van der Waals surface area contributed by atoms with Crippen molar-refractivity contribution in [1.29, 1.82) is 0 Å². The SMILES string of the molecule is CC(NC(=O)CC(C)(C)C)C(=O)NC1CC(N(CC(=O)O)CC2CC2)C1. The Balaban J connectivity index is 1.71. The molecule has 0 saturated heterocycles. The van der Waals surface area contributed by atoms with Crippen molar-refractivity contribution in [2.45, 2.75) is 77.9 Å².